The fourth-order valence-electron chi connectivity index (χ4n) is 2.17. The van der Waals surface area contributed by atoms with E-state index in [2.05, 4.69) is 4.42 Å². The minimum atomic E-state index is -0.843. The van der Waals surface area contributed by atoms with Crippen molar-refractivity contribution in [2.75, 3.05) is 7.11 Å². The molecule has 0 aliphatic heterocycles. The van der Waals surface area contributed by atoms with E-state index in [-0.39, 0.29) is 5.69 Å². The molecule has 0 saturated heterocycles. The summed E-state index contributed by atoms with van der Waals surface area (Å²) in [6.45, 7) is 0. The Labute approximate surface area is 113 Å². The van der Waals surface area contributed by atoms with Crippen LogP contribution in [0.25, 0.3) is 16.6 Å². The zero-order valence-electron chi connectivity index (χ0n) is 10.5. The van der Waals surface area contributed by atoms with Gasteiger partial charge in [0.2, 0.25) is 5.52 Å². The van der Waals surface area contributed by atoms with Crippen molar-refractivity contribution in [1.29, 1.82) is 0 Å². The van der Waals surface area contributed by atoms with Gasteiger partial charge in [0.05, 0.1) is 18.2 Å². The first-order chi connectivity index (χ1) is 9.63. The third kappa shape index (κ3) is 1.62. The molecular weight excluding hydrogens is 262 g/mol. The Morgan fingerprint density at radius 3 is 2.55 bits per heavy atom. The molecule has 102 valence electrons. The molecule has 0 bridgehead atoms. The molecule has 0 spiro atoms. The average molecular weight is 273 g/mol. The Morgan fingerprint density at radius 1 is 1.15 bits per heavy atom. The summed E-state index contributed by atoms with van der Waals surface area (Å²) in [5.74, 6) is -1.61. The minimum Gasteiger partial charge on any atom is -0.863 e. The van der Waals surface area contributed by atoms with Gasteiger partial charge in [-0.1, -0.05) is 12.1 Å². The summed E-state index contributed by atoms with van der Waals surface area (Å²) < 4.78 is 11.3. The predicted octanol–water partition coefficient (Wildman–Crippen LogP) is 1.20. The summed E-state index contributed by atoms with van der Waals surface area (Å²) in [4.78, 5) is 0. The number of fused-ring (bicyclic) bond motifs is 1. The molecule has 3 rings (SSSR count). The average Bonchev–Trinajstić information content (AvgIpc) is 2.71. The number of aromatic nitrogens is 1. The lowest BCUT2D eigenvalue weighted by Gasteiger charge is -2.06. The van der Waals surface area contributed by atoms with Crippen molar-refractivity contribution in [2.24, 2.45) is 0 Å². The van der Waals surface area contributed by atoms with Crippen LogP contribution in [0.4, 0.5) is 0 Å². The normalized spacial score (nSPS) is 10.8. The lowest BCUT2D eigenvalue weighted by Crippen LogP contribution is -2.31. The van der Waals surface area contributed by atoms with Crippen molar-refractivity contribution in [1.82, 2.24) is 0 Å². The van der Waals surface area contributed by atoms with Gasteiger partial charge >= 0.3 is 5.95 Å². The third-order valence-electron chi connectivity index (χ3n) is 3.07. The third-order valence-corrected chi connectivity index (χ3v) is 3.07. The maximum absolute atomic E-state index is 11.8. The maximum atomic E-state index is 11.8. The van der Waals surface area contributed by atoms with Gasteiger partial charge in [-0.15, -0.1) is 0 Å². The summed E-state index contributed by atoms with van der Waals surface area (Å²) in [5.41, 5.74) is 0.501. The lowest BCUT2D eigenvalue weighted by molar-refractivity contribution is -0.572. The smallest absolute Gasteiger partial charge is 0.360 e. The topological polar surface area (TPSA) is 89.8 Å². The molecule has 0 atom stereocenters. The van der Waals surface area contributed by atoms with Crippen molar-refractivity contribution < 1.29 is 29.0 Å². The van der Waals surface area contributed by atoms with E-state index >= 15 is 0 Å². The molecule has 2 N–H and O–H groups in total. The highest BCUT2D eigenvalue weighted by Gasteiger charge is 2.25. The quantitative estimate of drug-likeness (QED) is 0.685. The number of methoxy groups -OCH3 is 1. The number of hydrogen-bond donors (Lipinski definition) is 2. The molecule has 6 nitrogen and oxygen atoms in total. The van der Waals surface area contributed by atoms with Crippen molar-refractivity contribution >= 4 is 10.9 Å². The number of aromatic hydroxyl groups is 2. The highest BCUT2D eigenvalue weighted by atomic mass is 16.5. The second-order valence-electron chi connectivity index (χ2n) is 4.16. The molecule has 0 fully saturated rings. The van der Waals surface area contributed by atoms with Gasteiger partial charge in [0.25, 0.3) is 11.6 Å². The fraction of sp³-hybridized carbons (Fsp3) is 0.0714. The van der Waals surface area contributed by atoms with Crippen molar-refractivity contribution in [2.45, 2.75) is 0 Å². The zero-order valence-corrected chi connectivity index (χ0v) is 10.5. The van der Waals surface area contributed by atoms with E-state index in [0.717, 1.165) is 5.39 Å². The first kappa shape index (κ1) is 12.2. The molecule has 0 aliphatic carbocycles. The van der Waals surface area contributed by atoms with Crippen LogP contribution in [-0.4, -0.2) is 17.3 Å². The van der Waals surface area contributed by atoms with Gasteiger partial charge in [0, 0.05) is 12.1 Å². The summed E-state index contributed by atoms with van der Waals surface area (Å²) in [6, 6.07) is 8.87. The fourth-order valence-corrected chi connectivity index (χ4v) is 2.17. The van der Waals surface area contributed by atoms with E-state index in [9.17, 15) is 15.3 Å². The molecule has 2 heterocycles. The van der Waals surface area contributed by atoms with E-state index in [1.807, 2.05) is 12.1 Å². The van der Waals surface area contributed by atoms with Gasteiger partial charge in [-0.3, -0.25) is 0 Å². The monoisotopic (exact) mass is 273 g/mol. The Kier molecular flexibility index (Phi) is 2.64. The molecule has 1 aromatic carbocycles. The van der Waals surface area contributed by atoms with Crippen molar-refractivity contribution in [3.8, 4) is 29.1 Å². The molecule has 20 heavy (non-hydrogen) atoms. The van der Waals surface area contributed by atoms with Gasteiger partial charge in [0.1, 0.15) is 5.75 Å². The van der Waals surface area contributed by atoms with Crippen LogP contribution in [0.15, 0.2) is 40.9 Å². The maximum Gasteiger partial charge on any atom is 0.360 e. The lowest BCUT2D eigenvalue weighted by atomic mass is 10.2. The summed E-state index contributed by atoms with van der Waals surface area (Å²) in [7, 11) is 1.55. The van der Waals surface area contributed by atoms with Crippen LogP contribution < -0.4 is 14.4 Å². The van der Waals surface area contributed by atoms with Gasteiger partial charge < -0.3 is 24.5 Å². The molecule has 0 amide bonds. The number of para-hydroxylation sites is 1. The number of benzene rings is 1. The largest absolute Gasteiger partial charge is 0.863 e. The van der Waals surface area contributed by atoms with Crippen LogP contribution in [0.3, 0.4) is 0 Å². The highest BCUT2D eigenvalue weighted by molar-refractivity contribution is 5.82. The molecule has 6 heteroatoms. The van der Waals surface area contributed by atoms with E-state index in [1.165, 1.54) is 4.57 Å². The Morgan fingerprint density at radius 2 is 1.90 bits per heavy atom. The van der Waals surface area contributed by atoms with Crippen LogP contribution in [-0.2, 0) is 0 Å². The summed E-state index contributed by atoms with van der Waals surface area (Å²) in [6.07, 6.45) is 1.56. The van der Waals surface area contributed by atoms with Gasteiger partial charge in [-0.25, -0.2) is 0 Å². The minimum absolute atomic E-state index is 0.138. The summed E-state index contributed by atoms with van der Waals surface area (Å²) >= 11 is 0. The van der Waals surface area contributed by atoms with E-state index in [4.69, 9.17) is 4.74 Å². The van der Waals surface area contributed by atoms with Gasteiger partial charge in [0.15, 0.2) is 6.20 Å². The predicted molar refractivity (Wildman–Crippen MR) is 67.1 cm³/mol. The number of hydrogen-bond acceptors (Lipinski definition) is 5. The van der Waals surface area contributed by atoms with Gasteiger partial charge in [-0.2, -0.15) is 4.57 Å². The molecule has 0 unspecified atom stereocenters. The zero-order chi connectivity index (χ0) is 14.3. The summed E-state index contributed by atoms with van der Waals surface area (Å²) in [5, 5.41) is 31.5. The molecular formula is C14H11NO5. The number of furan rings is 1. The van der Waals surface area contributed by atoms with Crippen LogP contribution in [0.2, 0.25) is 0 Å². The Balaban J connectivity index is 2.38. The first-order valence-corrected chi connectivity index (χ1v) is 5.83. The second kappa shape index (κ2) is 4.34. The molecule has 2 aromatic heterocycles. The Hall–Kier alpha value is -2.89. The standard InChI is InChI=1S/C14H11NO5/c1-19-10-6-7-15(9-5-3-2-4-8(9)10)11-12(16)14(18)20-13(11)17/h2-7H,1H3,(H2-,16,17,18). The van der Waals surface area contributed by atoms with Crippen LogP contribution in [0.1, 0.15) is 0 Å². The van der Waals surface area contributed by atoms with E-state index in [1.54, 1.807) is 31.5 Å². The SMILES string of the molecule is COc1cc[n+](-c2c(O)oc(O)c2[O-])c2ccccc12. The van der Waals surface area contributed by atoms with E-state index < -0.39 is 17.6 Å². The van der Waals surface area contributed by atoms with Crippen molar-refractivity contribution in [3.05, 3.63) is 36.5 Å². The van der Waals surface area contributed by atoms with E-state index in [0.29, 0.717) is 11.3 Å². The number of nitrogens with zero attached hydrogens (tertiary/aromatic N) is 1. The number of pyridine rings is 1. The van der Waals surface area contributed by atoms with Crippen LogP contribution in [0.5, 0.6) is 23.4 Å². The number of ether oxygens (including phenoxy) is 1. The van der Waals surface area contributed by atoms with Crippen LogP contribution >= 0.6 is 0 Å². The first-order valence-electron chi connectivity index (χ1n) is 5.83. The Bertz CT molecular complexity index is 794. The molecule has 0 saturated carbocycles. The second-order valence-corrected chi connectivity index (χ2v) is 4.16. The highest BCUT2D eigenvalue weighted by Crippen LogP contribution is 2.38. The van der Waals surface area contributed by atoms with Crippen LogP contribution in [0, 0.1) is 0 Å². The van der Waals surface area contributed by atoms with Gasteiger partial charge in [-0.05, 0) is 6.07 Å². The molecule has 3 aromatic rings. The molecule has 0 aliphatic rings. The van der Waals surface area contributed by atoms with Crippen molar-refractivity contribution in [3.63, 3.8) is 0 Å². The molecule has 0 radical (unpaired) electrons. The number of rotatable bonds is 2.